The van der Waals surface area contributed by atoms with Crippen molar-refractivity contribution in [2.45, 2.75) is 17.0 Å². The SMILES string of the molecule is O=C(O)CN(CC(F)(F)F)C(=O)C1CSc2ccccc21. The van der Waals surface area contributed by atoms with Crippen LogP contribution in [0.15, 0.2) is 29.2 Å². The number of amides is 1. The second-order valence-electron chi connectivity index (χ2n) is 4.60. The van der Waals surface area contributed by atoms with E-state index in [0.29, 0.717) is 16.2 Å². The second kappa shape index (κ2) is 5.97. The zero-order valence-electron chi connectivity index (χ0n) is 10.8. The lowest BCUT2D eigenvalue weighted by Crippen LogP contribution is -2.44. The summed E-state index contributed by atoms with van der Waals surface area (Å²) in [6.45, 7) is -2.51. The Morgan fingerprint density at radius 1 is 1.33 bits per heavy atom. The molecule has 0 saturated carbocycles. The van der Waals surface area contributed by atoms with Gasteiger partial charge < -0.3 is 10.0 Å². The van der Waals surface area contributed by atoms with E-state index in [1.54, 1.807) is 24.3 Å². The molecule has 8 heteroatoms. The fraction of sp³-hybridized carbons (Fsp3) is 0.385. The smallest absolute Gasteiger partial charge is 0.406 e. The van der Waals surface area contributed by atoms with Gasteiger partial charge in [0.2, 0.25) is 5.91 Å². The van der Waals surface area contributed by atoms with Crippen LogP contribution in [-0.2, 0) is 9.59 Å². The number of carbonyl (C=O) groups is 2. The van der Waals surface area contributed by atoms with Gasteiger partial charge in [-0.3, -0.25) is 9.59 Å². The molecular formula is C13H12F3NO3S. The maximum Gasteiger partial charge on any atom is 0.406 e. The van der Waals surface area contributed by atoms with E-state index in [2.05, 4.69) is 0 Å². The summed E-state index contributed by atoms with van der Waals surface area (Å²) in [5.74, 6) is -2.67. The molecule has 1 aliphatic rings. The molecule has 1 N–H and O–H groups in total. The molecule has 1 aromatic carbocycles. The highest BCUT2D eigenvalue weighted by Crippen LogP contribution is 2.40. The average Bonchev–Trinajstić information content (AvgIpc) is 2.78. The largest absolute Gasteiger partial charge is 0.480 e. The molecule has 1 amide bonds. The molecule has 1 atom stereocenters. The Hall–Kier alpha value is -1.70. The Morgan fingerprint density at radius 3 is 2.62 bits per heavy atom. The summed E-state index contributed by atoms with van der Waals surface area (Å²) in [5.41, 5.74) is 0.657. The zero-order chi connectivity index (χ0) is 15.6. The normalized spacial score (nSPS) is 17.4. The maximum atomic E-state index is 12.5. The first-order chi connectivity index (χ1) is 9.78. The topological polar surface area (TPSA) is 57.6 Å². The van der Waals surface area contributed by atoms with E-state index in [9.17, 15) is 22.8 Å². The van der Waals surface area contributed by atoms with E-state index < -0.39 is 37.1 Å². The van der Waals surface area contributed by atoms with Crippen molar-refractivity contribution >= 4 is 23.6 Å². The Morgan fingerprint density at radius 2 is 2.00 bits per heavy atom. The summed E-state index contributed by atoms with van der Waals surface area (Å²) in [4.78, 5) is 24.2. The van der Waals surface area contributed by atoms with Gasteiger partial charge in [-0.05, 0) is 11.6 Å². The molecule has 4 nitrogen and oxygen atoms in total. The lowest BCUT2D eigenvalue weighted by atomic mass is 10.00. The van der Waals surface area contributed by atoms with Crippen molar-refractivity contribution in [3.8, 4) is 0 Å². The van der Waals surface area contributed by atoms with Crippen LogP contribution in [0.25, 0.3) is 0 Å². The number of aliphatic carboxylic acids is 1. The van der Waals surface area contributed by atoms with Crippen LogP contribution in [0.1, 0.15) is 11.5 Å². The maximum absolute atomic E-state index is 12.5. The monoisotopic (exact) mass is 319 g/mol. The minimum absolute atomic E-state index is 0.326. The number of alkyl halides is 3. The first-order valence-electron chi connectivity index (χ1n) is 6.07. The van der Waals surface area contributed by atoms with Crippen LogP contribution in [0.3, 0.4) is 0 Å². The minimum atomic E-state index is -4.63. The number of rotatable bonds is 4. The van der Waals surface area contributed by atoms with Crippen LogP contribution in [0.5, 0.6) is 0 Å². The molecule has 1 aliphatic heterocycles. The highest BCUT2D eigenvalue weighted by atomic mass is 32.2. The highest BCUT2D eigenvalue weighted by molar-refractivity contribution is 7.99. The third-order valence-corrected chi connectivity index (χ3v) is 4.19. The molecule has 1 heterocycles. The minimum Gasteiger partial charge on any atom is -0.480 e. The predicted molar refractivity (Wildman–Crippen MR) is 70.2 cm³/mol. The number of benzene rings is 1. The van der Waals surface area contributed by atoms with Gasteiger partial charge in [0, 0.05) is 10.6 Å². The molecule has 0 aliphatic carbocycles. The van der Waals surface area contributed by atoms with Crippen LogP contribution >= 0.6 is 11.8 Å². The summed E-state index contributed by atoms with van der Waals surface area (Å²) in [6.07, 6.45) is -4.63. The van der Waals surface area contributed by atoms with Gasteiger partial charge in [-0.2, -0.15) is 13.2 Å². The first kappa shape index (κ1) is 15.7. The number of nitrogens with zero attached hydrogens (tertiary/aromatic N) is 1. The van der Waals surface area contributed by atoms with Gasteiger partial charge in [-0.1, -0.05) is 18.2 Å². The van der Waals surface area contributed by atoms with E-state index in [1.165, 1.54) is 11.8 Å². The van der Waals surface area contributed by atoms with Crippen LogP contribution in [0.2, 0.25) is 0 Å². The van der Waals surface area contributed by atoms with Gasteiger partial charge in [0.15, 0.2) is 0 Å². The molecule has 0 fully saturated rings. The molecule has 0 radical (unpaired) electrons. The Labute approximate surface area is 122 Å². The van der Waals surface area contributed by atoms with Gasteiger partial charge in [-0.25, -0.2) is 0 Å². The van der Waals surface area contributed by atoms with Crippen LogP contribution in [0.4, 0.5) is 13.2 Å². The van der Waals surface area contributed by atoms with E-state index in [-0.39, 0.29) is 0 Å². The third kappa shape index (κ3) is 3.90. The van der Waals surface area contributed by atoms with Crippen molar-refractivity contribution in [2.75, 3.05) is 18.8 Å². The summed E-state index contributed by atoms with van der Waals surface area (Å²) >= 11 is 1.38. The van der Waals surface area contributed by atoms with Crippen molar-refractivity contribution in [2.24, 2.45) is 0 Å². The van der Waals surface area contributed by atoms with Crippen LogP contribution in [0, 0.1) is 0 Å². The zero-order valence-corrected chi connectivity index (χ0v) is 11.6. The van der Waals surface area contributed by atoms with Crippen LogP contribution < -0.4 is 0 Å². The lowest BCUT2D eigenvalue weighted by molar-refractivity contribution is -0.166. The number of halogens is 3. The molecule has 21 heavy (non-hydrogen) atoms. The number of hydrogen-bond donors (Lipinski definition) is 1. The average molecular weight is 319 g/mol. The summed E-state index contributed by atoms with van der Waals surface area (Å²) in [6, 6.07) is 6.96. The molecule has 0 aromatic heterocycles. The third-order valence-electron chi connectivity index (χ3n) is 3.01. The van der Waals surface area contributed by atoms with Gasteiger partial charge in [-0.15, -0.1) is 11.8 Å². The number of fused-ring (bicyclic) bond motifs is 1. The van der Waals surface area contributed by atoms with Crippen LogP contribution in [-0.4, -0.2) is 46.9 Å². The van der Waals surface area contributed by atoms with Crippen molar-refractivity contribution in [1.82, 2.24) is 4.90 Å². The molecule has 114 valence electrons. The molecule has 0 spiro atoms. The van der Waals surface area contributed by atoms with E-state index >= 15 is 0 Å². The highest BCUT2D eigenvalue weighted by Gasteiger charge is 2.38. The standard InChI is InChI=1S/C13H12F3NO3S/c14-13(15,16)7-17(5-11(18)19)12(20)9-6-21-10-4-2-1-3-8(9)10/h1-4,9H,5-7H2,(H,18,19). The van der Waals surface area contributed by atoms with Crippen molar-refractivity contribution < 1.29 is 27.9 Å². The fourth-order valence-electron chi connectivity index (χ4n) is 2.18. The second-order valence-corrected chi connectivity index (χ2v) is 5.67. The molecule has 0 saturated heterocycles. The lowest BCUT2D eigenvalue weighted by Gasteiger charge is -2.25. The Balaban J connectivity index is 2.21. The van der Waals surface area contributed by atoms with Gasteiger partial charge in [0.05, 0.1) is 5.92 Å². The fourth-order valence-corrected chi connectivity index (χ4v) is 3.40. The number of carbonyl (C=O) groups excluding carboxylic acids is 1. The summed E-state index contributed by atoms with van der Waals surface area (Å²) in [5, 5.41) is 8.70. The molecule has 1 aromatic rings. The molecule has 1 unspecified atom stereocenters. The van der Waals surface area contributed by atoms with E-state index in [0.717, 1.165) is 4.90 Å². The Bertz CT molecular complexity index is 562. The number of carboxylic acid groups (broad SMARTS) is 1. The van der Waals surface area contributed by atoms with E-state index in [4.69, 9.17) is 5.11 Å². The van der Waals surface area contributed by atoms with E-state index in [1.807, 2.05) is 0 Å². The predicted octanol–water partition coefficient (Wildman–Crippen LogP) is 2.35. The van der Waals surface area contributed by atoms with Crippen molar-refractivity contribution in [3.63, 3.8) is 0 Å². The summed E-state index contributed by atoms with van der Waals surface area (Å²) < 4.78 is 37.5. The Kier molecular flexibility index (Phi) is 4.46. The first-order valence-corrected chi connectivity index (χ1v) is 7.05. The van der Waals surface area contributed by atoms with Gasteiger partial charge in [0.25, 0.3) is 0 Å². The van der Waals surface area contributed by atoms with Gasteiger partial charge >= 0.3 is 12.1 Å². The van der Waals surface area contributed by atoms with Crippen molar-refractivity contribution in [3.05, 3.63) is 29.8 Å². The molecule has 0 bridgehead atoms. The molecular weight excluding hydrogens is 307 g/mol. The summed E-state index contributed by atoms with van der Waals surface area (Å²) in [7, 11) is 0. The number of carboxylic acids is 1. The number of hydrogen-bond acceptors (Lipinski definition) is 3. The number of thioether (sulfide) groups is 1. The van der Waals surface area contributed by atoms with Gasteiger partial charge in [0.1, 0.15) is 13.1 Å². The molecule has 2 rings (SSSR count). The van der Waals surface area contributed by atoms with Crippen molar-refractivity contribution in [1.29, 1.82) is 0 Å². The quantitative estimate of drug-likeness (QED) is 0.925.